The zero-order chi connectivity index (χ0) is 25.7. The summed E-state index contributed by atoms with van der Waals surface area (Å²) in [6.07, 6.45) is 8.82. The first kappa shape index (κ1) is 25.7. The highest BCUT2D eigenvalue weighted by atomic mass is 16.2. The van der Waals surface area contributed by atoms with Crippen molar-refractivity contribution in [1.82, 2.24) is 5.32 Å². The number of hydrogen-bond donors (Lipinski definition) is 1. The third-order valence-corrected chi connectivity index (χ3v) is 11.5. The maximum absolute atomic E-state index is 13.6. The van der Waals surface area contributed by atoms with Gasteiger partial charge in [0.15, 0.2) is 0 Å². The molecule has 36 heavy (non-hydrogen) atoms. The molecule has 4 aliphatic rings. The average Bonchev–Trinajstić information content (AvgIpc) is 3.21. The number of Topliss-reactive ketones (excluding diaryl/α,β-unsaturated/α-hetero) is 2. The summed E-state index contributed by atoms with van der Waals surface area (Å²) in [5, 5.41) is 3.29. The zero-order valence-electron chi connectivity index (χ0n) is 22.7. The van der Waals surface area contributed by atoms with Crippen LogP contribution in [-0.4, -0.2) is 17.5 Å². The lowest BCUT2D eigenvalue weighted by atomic mass is 9.44. The van der Waals surface area contributed by atoms with Crippen molar-refractivity contribution in [2.75, 3.05) is 0 Å². The molecule has 1 aromatic carbocycles. The van der Waals surface area contributed by atoms with Crippen molar-refractivity contribution in [1.29, 1.82) is 0 Å². The molecule has 4 saturated carbocycles. The van der Waals surface area contributed by atoms with E-state index in [1.165, 1.54) is 5.56 Å². The highest BCUT2D eigenvalue weighted by Gasteiger charge is 2.63. The Morgan fingerprint density at radius 1 is 1.00 bits per heavy atom. The van der Waals surface area contributed by atoms with E-state index in [-0.39, 0.29) is 34.6 Å². The molecular weight excluding hydrogens is 446 g/mol. The molecule has 0 bridgehead atoms. The van der Waals surface area contributed by atoms with Gasteiger partial charge in [0.05, 0.1) is 6.04 Å². The smallest absolute Gasteiger partial charge is 0.220 e. The third kappa shape index (κ3) is 4.27. The predicted molar refractivity (Wildman–Crippen MR) is 142 cm³/mol. The first-order chi connectivity index (χ1) is 17.2. The topological polar surface area (TPSA) is 63.2 Å². The monoisotopic (exact) mass is 491 g/mol. The molecule has 4 nitrogen and oxygen atoms in total. The minimum Gasteiger partial charge on any atom is -0.349 e. The number of carbonyl (C=O) groups excluding carboxylic acids is 3. The lowest BCUT2D eigenvalue weighted by Crippen LogP contribution is -2.57. The van der Waals surface area contributed by atoms with Crippen molar-refractivity contribution in [2.45, 2.75) is 97.9 Å². The molecule has 4 fully saturated rings. The molecule has 0 aliphatic heterocycles. The fourth-order valence-electron chi connectivity index (χ4n) is 9.49. The molecule has 1 aromatic rings. The SMILES string of the molecule is CC[C@@H](NC(=O)C[C@@H](C)C1CC[C@H]2[C@@H]3C(=O)C[C@@H]4CC(=O)CC[C@]4(C)[C@H]3CC[C@]12C)c1ccccc1. The standard InChI is InChI=1S/C32H45NO3/c1-5-27(21-9-7-6-8-10-21)33-29(36)17-20(2)24-11-12-25-30-26(14-16-32(24,25)4)31(3)15-13-23(34)18-22(31)19-28(30)35/h6-10,20,22,24-27,30H,5,11-19H2,1-4H3,(H,33,36)/t20-,22+,24?,25+,26+,27-,30+,31+,32-/m1/s1. The Kier molecular flexibility index (Phi) is 6.93. The molecule has 0 heterocycles. The molecule has 4 heteroatoms. The van der Waals surface area contributed by atoms with Crippen molar-refractivity contribution < 1.29 is 14.4 Å². The number of benzene rings is 1. The number of ketones is 2. The second kappa shape index (κ2) is 9.72. The van der Waals surface area contributed by atoms with Gasteiger partial charge in [0.25, 0.3) is 0 Å². The molecule has 4 aliphatic carbocycles. The van der Waals surface area contributed by atoms with E-state index in [1.807, 2.05) is 18.2 Å². The van der Waals surface area contributed by atoms with E-state index in [0.29, 0.717) is 60.9 Å². The maximum Gasteiger partial charge on any atom is 0.220 e. The van der Waals surface area contributed by atoms with Crippen molar-refractivity contribution in [3.63, 3.8) is 0 Å². The molecule has 1 N–H and O–H groups in total. The van der Waals surface area contributed by atoms with Crippen molar-refractivity contribution >= 4 is 17.5 Å². The van der Waals surface area contributed by atoms with Crippen LogP contribution >= 0.6 is 0 Å². The summed E-state index contributed by atoms with van der Waals surface area (Å²) in [6, 6.07) is 10.3. The van der Waals surface area contributed by atoms with E-state index in [2.05, 4.69) is 45.1 Å². The Morgan fingerprint density at radius 2 is 1.72 bits per heavy atom. The van der Waals surface area contributed by atoms with E-state index in [0.717, 1.165) is 38.5 Å². The minimum atomic E-state index is 0.0594. The van der Waals surface area contributed by atoms with E-state index in [4.69, 9.17) is 0 Å². The summed E-state index contributed by atoms with van der Waals surface area (Å²) >= 11 is 0. The molecule has 0 saturated heterocycles. The van der Waals surface area contributed by atoms with Crippen LogP contribution in [0.2, 0.25) is 0 Å². The fraction of sp³-hybridized carbons (Fsp3) is 0.719. The Labute approximate surface area is 217 Å². The Balaban J connectivity index is 1.28. The van der Waals surface area contributed by atoms with Crippen LogP contribution in [0.25, 0.3) is 0 Å². The van der Waals surface area contributed by atoms with Gasteiger partial charge >= 0.3 is 0 Å². The maximum atomic E-state index is 13.6. The lowest BCUT2D eigenvalue weighted by molar-refractivity contribution is -0.159. The summed E-state index contributed by atoms with van der Waals surface area (Å²) in [5.74, 6) is 3.01. The van der Waals surface area contributed by atoms with E-state index in [1.54, 1.807) is 0 Å². The van der Waals surface area contributed by atoms with Crippen LogP contribution in [0.5, 0.6) is 0 Å². The molecule has 0 radical (unpaired) electrons. The Hall–Kier alpha value is -1.97. The second-order valence-electron chi connectivity index (χ2n) is 13.2. The van der Waals surface area contributed by atoms with Crippen LogP contribution in [0.4, 0.5) is 0 Å². The number of hydrogen-bond acceptors (Lipinski definition) is 3. The van der Waals surface area contributed by atoms with Crippen LogP contribution < -0.4 is 5.32 Å². The molecule has 9 atom stereocenters. The van der Waals surface area contributed by atoms with Crippen LogP contribution in [0.15, 0.2) is 30.3 Å². The van der Waals surface area contributed by atoms with Crippen molar-refractivity contribution in [3.05, 3.63) is 35.9 Å². The molecule has 0 spiro atoms. The van der Waals surface area contributed by atoms with Gasteiger partial charge in [0, 0.05) is 31.6 Å². The largest absolute Gasteiger partial charge is 0.349 e. The fourth-order valence-corrected chi connectivity index (χ4v) is 9.49. The molecule has 5 rings (SSSR count). The zero-order valence-corrected chi connectivity index (χ0v) is 22.7. The van der Waals surface area contributed by atoms with Gasteiger partial charge in [0.1, 0.15) is 11.6 Å². The highest BCUT2D eigenvalue weighted by Crippen LogP contribution is 2.67. The third-order valence-electron chi connectivity index (χ3n) is 11.5. The van der Waals surface area contributed by atoms with Crippen LogP contribution in [-0.2, 0) is 14.4 Å². The van der Waals surface area contributed by atoms with Gasteiger partial charge < -0.3 is 5.32 Å². The van der Waals surface area contributed by atoms with Crippen LogP contribution in [0, 0.1) is 46.3 Å². The van der Waals surface area contributed by atoms with Crippen LogP contribution in [0.3, 0.4) is 0 Å². The summed E-state index contributed by atoms with van der Waals surface area (Å²) in [7, 11) is 0. The van der Waals surface area contributed by atoms with E-state index in [9.17, 15) is 14.4 Å². The molecule has 1 amide bonds. The molecule has 196 valence electrons. The molecular formula is C32H45NO3. The van der Waals surface area contributed by atoms with Gasteiger partial charge in [0.2, 0.25) is 5.91 Å². The van der Waals surface area contributed by atoms with E-state index >= 15 is 0 Å². The van der Waals surface area contributed by atoms with Gasteiger partial charge in [-0.2, -0.15) is 0 Å². The lowest BCUT2D eigenvalue weighted by Gasteiger charge is -2.59. The number of rotatable bonds is 6. The summed E-state index contributed by atoms with van der Waals surface area (Å²) < 4.78 is 0. The Morgan fingerprint density at radius 3 is 2.44 bits per heavy atom. The summed E-state index contributed by atoms with van der Waals surface area (Å²) in [6.45, 7) is 9.22. The molecule has 1 unspecified atom stereocenters. The summed E-state index contributed by atoms with van der Waals surface area (Å²) in [5.41, 5.74) is 1.44. The quantitative estimate of drug-likeness (QED) is 0.482. The van der Waals surface area contributed by atoms with Gasteiger partial charge in [-0.1, -0.05) is 58.0 Å². The number of nitrogens with one attached hydrogen (secondary N) is 1. The minimum absolute atomic E-state index is 0.0594. The van der Waals surface area contributed by atoms with E-state index < -0.39 is 0 Å². The molecule has 0 aromatic heterocycles. The van der Waals surface area contributed by atoms with Gasteiger partial charge in [-0.15, -0.1) is 0 Å². The average molecular weight is 492 g/mol. The van der Waals surface area contributed by atoms with Crippen molar-refractivity contribution in [2.24, 2.45) is 46.3 Å². The van der Waals surface area contributed by atoms with Crippen LogP contribution in [0.1, 0.15) is 104 Å². The predicted octanol–water partition coefficient (Wildman–Crippen LogP) is 6.69. The summed E-state index contributed by atoms with van der Waals surface area (Å²) in [4.78, 5) is 38.9. The highest BCUT2D eigenvalue weighted by molar-refractivity contribution is 5.86. The van der Waals surface area contributed by atoms with Gasteiger partial charge in [-0.05, 0) is 84.5 Å². The second-order valence-corrected chi connectivity index (χ2v) is 13.2. The number of amides is 1. The van der Waals surface area contributed by atoms with Gasteiger partial charge in [-0.25, -0.2) is 0 Å². The van der Waals surface area contributed by atoms with Gasteiger partial charge in [-0.3, -0.25) is 14.4 Å². The first-order valence-electron chi connectivity index (χ1n) is 14.6. The Bertz CT molecular complexity index is 1000. The normalized spacial score (nSPS) is 39.5. The van der Waals surface area contributed by atoms with Crippen molar-refractivity contribution in [3.8, 4) is 0 Å². The number of carbonyl (C=O) groups is 3. The number of fused-ring (bicyclic) bond motifs is 5. The first-order valence-corrected chi connectivity index (χ1v) is 14.6.